The van der Waals surface area contributed by atoms with Crippen LogP contribution >= 0.6 is 11.3 Å². The summed E-state index contributed by atoms with van der Waals surface area (Å²) in [5.41, 5.74) is 14.6. The van der Waals surface area contributed by atoms with Crippen LogP contribution < -0.4 is 11.5 Å². The molecule has 0 fully saturated rings. The number of thiazole rings is 1. The summed E-state index contributed by atoms with van der Waals surface area (Å²) >= 11 is 1.42. The van der Waals surface area contributed by atoms with Crippen LogP contribution in [0.2, 0.25) is 0 Å². The fraction of sp³-hybridized carbons (Fsp3) is 0.320. The molecule has 0 aliphatic rings. The van der Waals surface area contributed by atoms with Gasteiger partial charge in [-0.3, -0.25) is 9.59 Å². The highest BCUT2D eigenvalue weighted by molar-refractivity contribution is 7.22. The van der Waals surface area contributed by atoms with Gasteiger partial charge in [-0.1, -0.05) is 36.1 Å². The average Bonchev–Trinajstić information content (AvgIpc) is 3.23. The second-order valence-electron chi connectivity index (χ2n) is 7.17. The van der Waals surface area contributed by atoms with Crippen molar-refractivity contribution in [1.82, 2.24) is 4.98 Å². The molecule has 35 heavy (non-hydrogen) atoms. The Morgan fingerprint density at radius 3 is 1.97 bits per heavy atom. The molecule has 0 bridgehead atoms. The number of aromatic nitrogens is 1. The number of benzene rings is 2. The van der Waals surface area contributed by atoms with Crippen LogP contribution in [0.4, 0.5) is 10.8 Å². The Kier molecular flexibility index (Phi) is 12.9. The quantitative estimate of drug-likeness (QED) is 0.132. The monoisotopic (exact) mass is 503 g/mol. The van der Waals surface area contributed by atoms with Crippen LogP contribution in [0, 0.1) is 0 Å². The van der Waals surface area contributed by atoms with Crippen LogP contribution in [0.15, 0.2) is 55.3 Å². The minimum atomic E-state index is -0.261. The van der Waals surface area contributed by atoms with Crippen molar-refractivity contribution in [2.24, 2.45) is 0 Å². The summed E-state index contributed by atoms with van der Waals surface area (Å²) in [7, 11) is 0. The molecule has 0 radical (unpaired) electrons. The van der Waals surface area contributed by atoms with Gasteiger partial charge < -0.3 is 25.8 Å². The average molecular weight is 504 g/mol. The predicted octanol–water partition coefficient (Wildman–Crippen LogP) is 5.10. The van der Waals surface area contributed by atoms with E-state index in [1.54, 1.807) is 26.0 Å². The van der Waals surface area contributed by atoms with E-state index in [0.717, 1.165) is 27.6 Å². The first kappa shape index (κ1) is 29.4. The third kappa shape index (κ3) is 9.63. The van der Waals surface area contributed by atoms with Crippen LogP contribution in [-0.4, -0.2) is 35.4 Å². The molecule has 2 unspecified atom stereocenters. The number of fused-ring (bicyclic) bond motifs is 1. The Morgan fingerprint density at radius 1 is 1.00 bits per heavy atom. The van der Waals surface area contributed by atoms with Gasteiger partial charge in [-0.2, -0.15) is 0 Å². The molecular formula is C25H33N3O6S. The molecule has 190 valence electrons. The number of anilines is 2. The van der Waals surface area contributed by atoms with Crippen molar-refractivity contribution in [2.75, 3.05) is 24.7 Å². The first-order valence-corrected chi connectivity index (χ1v) is 11.8. The van der Waals surface area contributed by atoms with Gasteiger partial charge in [0.25, 0.3) is 0 Å². The third-order valence-electron chi connectivity index (χ3n) is 4.72. The lowest BCUT2D eigenvalue weighted by Crippen LogP contribution is -2.12. The van der Waals surface area contributed by atoms with Gasteiger partial charge in [0.2, 0.25) is 0 Å². The van der Waals surface area contributed by atoms with E-state index in [1.807, 2.05) is 44.2 Å². The van der Waals surface area contributed by atoms with Crippen LogP contribution in [-0.2, 0) is 24.0 Å². The van der Waals surface area contributed by atoms with Crippen molar-refractivity contribution >= 4 is 44.3 Å². The van der Waals surface area contributed by atoms with E-state index in [9.17, 15) is 9.59 Å². The first-order valence-electron chi connectivity index (χ1n) is 10.9. The predicted molar refractivity (Wildman–Crippen MR) is 139 cm³/mol. The minimum Gasteiger partial charge on any atom is -0.466 e. The lowest BCUT2D eigenvalue weighted by molar-refractivity contribution is -0.186. The maximum atomic E-state index is 11.6. The number of carbonyl (C=O) groups is 2. The molecular weight excluding hydrogens is 470 g/mol. The van der Waals surface area contributed by atoms with Gasteiger partial charge in [-0.25, -0.2) is 10.2 Å². The fourth-order valence-electron chi connectivity index (χ4n) is 2.82. The molecule has 1 aromatic heterocycles. The van der Waals surface area contributed by atoms with Gasteiger partial charge in [0.15, 0.2) is 5.13 Å². The second-order valence-corrected chi connectivity index (χ2v) is 8.23. The standard InChI is InChI=1S/C12H14N2O2S.C11H15NO2.C2H4O2/c1-3-16-11(15)7(2)8-4-5-9-10(6-8)17-12(13)14-9;1-3-14-11(13)8(2)9-4-6-10(12)7-5-9;1-2-4-3/h4-7H,3H2,1-2H3,(H2,13,14);4-8H,3,12H2,1-2H3;2-3H,1H2. The van der Waals surface area contributed by atoms with Crippen molar-refractivity contribution < 1.29 is 29.2 Å². The zero-order valence-electron chi connectivity index (χ0n) is 20.4. The number of carbonyl (C=O) groups excluding carboxylic acids is 2. The van der Waals surface area contributed by atoms with Gasteiger partial charge in [-0.05, 0) is 63.1 Å². The number of esters is 2. The first-order chi connectivity index (χ1) is 16.7. The lowest BCUT2D eigenvalue weighted by Gasteiger charge is -2.10. The molecule has 2 aromatic carbocycles. The highest BCUT2D eigenvalue weighted by Gasteiger charge is 2.17. The number of rotatable bonds is 7. The molecule has 0 aliphatic carbocycles. The highest BCUT2D eigenvalue weighted by atomic mass is 32.1. The van der Waals surface area contributed by atoms with E-state index < -0.39 is 0 Å². The summed E-state index contributed by atoms with van der Waals surface area (Å²) < 4.78 is 10.9. The lowest BCUT2D eigenvalue weighted by atomic mass is 10.0. The van der Waals surface area contributed by atoms with Gasteiger partial charge >= 0.3 is 11.9 Å². The number of ether oxygens (including phenoxy) is 2. The zero-order chi connectivity index (χ0) is 26.4. The van der Waals surface area contributed by atoms with Crippen LogP contribution in [0.1, 0.15) is 50.7 Å². The van der Waals surface area contributed by atoms with E-state index in [0.29, 0.717) is 24.0 Å². The smallest absolute Gasteiger partial charge is 0.313 e. The minimum absolute atomic E-state index is 0.197. The zero-order valence-corrected chi connectivity index (χ0v) is 21.2. The Labute approximate surface area is 209 Å². The summed E-state index contributed by atoms with van der Waals surface area (Å²) in [6.45, 7) is 11.1. The highest BCUT2D eigenvalue weighted by Crippen LogP contribution is 2.28. The number of hydrogen-bond acceptors (Lipinski definition) is 10. The maximum absolute atomic E-state index is 11.6. The topological polar surface area (TPSA) is 147 Å². The number of nitrogen functional groups attached to an aromatic ring is 2. The van der Waals surface area contributed by atoms with Gasteiger partial charge in [0, 0.05) is 5.69 Å². The van der Waals surface area contributed by atoms with E-state index in [4.69, 9.17) is 26.2 Å². The van der Waals surface area contributed by atoms with Crippen molar-refractivity contribution in [1.29, 1.82) is 0 Å². The normalized spacial score (nSPS) is 11.6. The Morgan fingerprint density at radius 2 is 1.49 bits per heavy atom. The largest absolute Gasteiger partial charge is 0.466 e. The van der Waals surface area contributed by atoms with Crippen LogP contribution in [0.25, 0.3) is 10.2 Å². The summed E-state index contributed by atoms with van der Waals surface area (Å²) in [5, 5.41) is 7.80. The van der Waals surface area contributed by atoms with Gasteiger partial charge in [0.05, 0.1) is 35.3 Å². The molecule has 0 spiro atoms. The maximum Gasteiger partial charge on any atom is 0.313 e. The number of nitrogens with zero attached hydrogens (tertiary/aromatic N) is 1. The van der Waals surface area contributed by atoms with Crippen molar-refractivity contribution in [3.63, 3.8) is 0 Å². The third-order valence-corrected chi connectivity index (χ3v) is 5.57. The fourth-order valence-corrected chi connectivity index (χ4v) is 3.60. The van der Waals surface area contributed by atoms with E-state index in [2.05, 4.69) is 16.5 Å². The molecule has 0 aliphatic heterocycles. The van der Waals surface area contributed by atoms with Gasteiger partial charge in [0.1, 0.15) is 6.26 Å². The summed E-state index contributed by atoms with van der Waals surface area (Å²) in [4.78, 5) is 30.5. The molecule has 10 heteroatoms. The number of hydrogen-bond donors (Lipinski definition) is 3. The Hall–Kier alpha value is -3.63. The molecule has 5 N–H and O–H groups in total. The van der Waals surface area contributed by atoms with E-state index >= 15 is 0 Å². The van der Waals surface area contributed by atoms with Crippen LogP contribution in [0.3, 0.4) is 0 Å². The summed E-state index contributed by atoms with van der Waals surface area (Å²) in [6.07, 6.45) is 0.931. The van der Waals surface area contributed by atoms with E-state index in [-0.39, 0.29) is 23.8 Å². The summed E-state index contributed by atoms with van der Waals surface area (Å²) in [5.74, 6) is -0.889. The Bertz CT molecular complexity index is 1080. The Balaban J connectivity index is 0.000000309. The molecule has 0 amide bonds. The number of nitrogens with two attached hydrogens (primary N) is 2. The molecule has 0 saturated heterocycles. The van der Waals surface area contributed by atoms with E-state index in [1.165, 1.54) is 11.3 Å². The van der Waals surface area contributed by atoms with Crippen molar-refractivity contribution in [2.45, 2.75) is 39.5 Å². The molecule has 9 nitrogen and oxygen atoms in total. The van der Waals surface area contributed by atoms with Crippen molar-refractivity contribution in [3.8, 4) is 0 Å². The molecule has 3 aromatic rings. The molecule has 1 heterocycles. The SMILES string of the molecule is C=COO.CCOC(=O)C(C)c1ccc(N)cc1.CCOC(=O)C(C)c1ccc2nc(N)sc2c1. The molecule has 3 rings (SSSR count). The summed E-state index contributed by atoms with van der Waals surface area (Å²) in [6, 6.07) is 13.0. The van der Waals surface area contributed by atoms with Gasteiger partial charge in [-0.15, -0.1) is 0 Å². The molecule has 2 atom stereocenters. The molecule has 0 saturated carbocycles. The van der Waals surface area contributed by atoms with Crippen molar-refractivity contribution in [3.05, 3.63) is 66.4 Å². The second kappa shape index (κ2) is 15.3. The van der Waals surface area contributed by atoms with Crippen LogP contribution in [0.5, 0.6) is 0 Å².